The minimum absolute atomic E-state index is 0.235. The fourth-order valence-electron chi connectivity index (χ4n) is 3.11. The molecular weight excluding hydrogens is 439 g/mol. The first-order valence-corrected chi connectivity index (χ1v) is 9.88. The summed E-state index contributed by atoms with van der Waals surface area (Å²) in [5.74, 6) is 0.411. The van der Waals surface area contributed by atoms with Crippen molar-refractivity contribution in [1.82, 2.24) is 9.78 Å². The molecular formula is C23H16Cl2N2O4. The molecule has 8 heteroatoms. The first-order valence-electron chi connectivity index (χ1n) is 9.13. The molecule has 0 saturated carbocycles. The van der Waals surface area contributed by atoms with Crippen molar-refractivity contribution in [3.63, 3.8) is 0 Å². The van der Waals surface area contributed by atoms with Crippen LogP contribution >= 0.6 is 23.2 Å². The lowest BCUT2D eigenvalue weighted by molar-refractivity contribution is 0.0601. The molecule has 0 amide bonds. The third kappa shape index (κ3) is 4.08. The molecule has 2 aromatic carbocycles. The molecule has 2 aromatic heterocycles. The number of H-pyrrole nitrogens is 1. The van der Waals surface area contributed by atoms with Gasteiger partial charge in [0, 0.05) is 10.6 Å². The lowest BCUT2D eigenvalue weighted by Gasteiger charge is -2.04. The van der Waals surface area contributed by atoms with Gasteiger partial charge in [0.1, 0.15) is 11.5 Å². The Bertz CT molecular complexity index is 1460. The van der Waals surface area contributed by atoms with Gasteiger partial charge in [0.15, 0.2) is 0 Å². The number of nitrogens with zero attached hydrogens (tertiary/aromatic N) is 1. The maximum atomic E-state index is 12.9. The zero-order valence-electron chi connectivity index (χ0n) is 16.3. The predicted octanol–water partition coefficient (Wildman–Crippen LogP) is 3.76. The Morgan fingerprint density at radius 2 is 1.97 bits per heavy atom. The van der Waals surface area contributed by atoms with E-state index in [1.54, 1.807) is 60.7 Å². The topological polar surface area (TPSA) is 77.2 Å². The Hall–Kier alpha value is -3.48. The van der Waals surface area contributed by atoms with Gasteiger partial charge in [0.2, 0.25) is 0 Å². The number of furan rings is 1. The summed E-state index contributed by atoms with van der Waals surface area (Å²) in [6, 6.07) is 15.3. The van der Waals surface area contributed by atoms with Gasteiger partial charge < -0.3 is 9.15 Å². The summed E-state index contributed by atoms with van der Waals surface area (Å²) in [4.78, 5) is 24.8. The molecule has 4 rings (SSSR count). The van der Waals surface area contributed by atoms with Crippen molar-refractivity contribution >= 4 is 41.8 Å². The molecule has 0 aliphatic carbocycles. The number of ether oxygens (including phenoxy) is 1. The summed E-state index contributed by atoms with van der Waals surface area (Å²) in [6.07, 6.45) is 1.60. The van der Waals surface area contributed by atoms with E-state index in [1.165, 1.54) is 11.8 Å². The van der Waals surface area contributed by atoms with Crippen molar-refractivity contribution < 1.29 is 13.9 Å². The van der Waals surface area contributed by atoms with E-state index in [-0.39, 0.29) is 16.1 Å². The van der Waals surface area contributed by atoms with Crippen LogP contribution in [-0.4, -0.2) is 22.9 Å². The minimum Gasteiger partial charge on any atom is -0.465 e. The third-order valence-electron chi connectivity index (χ3n) is 4.64. The number of hydrogen-bond donors (Lipinski definition) is 1. The highest BCUT2D eigenvalue weighted by molar-refractivity contribution is 6.33. The predicted molar refractivity (Wildman–Crippen MR) is 120 cm³/mol. The third-order valence-corrected chi connectivity index (χ3v) is 5.21. The number of carbonyl (C=O) groups excluding carboxylic acids is 1. The number of rotatable bonds is 4. The van der Waals surface area contributed by atoms with Crippen molar-refractivity contribution in [3.8, 4) is 17.0 Å². The number of aromatic nitrogens is 2. The number of methoxy groups -OCH3 is 1. The highest BCUT2D eigenvalue weighted by Crippen LogP contribution is 2.27. The van der Waals surface area contributed by atoms with Crippen molar-refractivity contribution in [1.29, 1.82) is 0 Å². The highest BCUT2D eigenvalue weighted by atomic mass is 35.5. The van der Waals surface area contributed by atoms with Gasteiger partial charge in [-0.2, -0.15) is 0 Å². The number of aromatic amines is 1. The Labute approximate surface area is 186 Å². The molecule has 0 aliphatic rings. The fraction of sp³-hybridized carbons (Fsp3) is 0.0435. The fourth-order valence-corrected chi connectivity index (χ4v) is 3.49. The van der Waals surface area contributed by atoms with Crippen molar-refractivity contribution in [2.75, 3.05) is 7.11 Å². The normalized spacial score (nSPS) is 11.6. The van der Waals surface area contributed by atoms with E-state index in [1.807, 2.05) is 0 Å². The summed E-state index contributed by atoms with van der Waals surface area (Å²) in [6.45, 7) is 3.91. The zero-order valence-corrected chi connectivity index (χ0v) is 17.8. The van der Waals surface area contributed by atoms with Gasteiger partial charge in [-0.1, -0.05) is 35.8 Å². The van der Waals surface area contributed by atoms with Gasteiger partial charge in [-0.25, -0.2) is 9.48 Å². The Kier molecular flexibility index (Phi) is 5.59. The smallest absolute Gasteiger partial charge is 0.339 e. The number of carbonyl (C=O) groups is 1. The molecule has 0 radical (unpaired) electrons. The van der Waals surface area contributed by atoms with Crippen LogP contribution < -0.4 is 16.1 Å². The molecule has 0 unspecified atom stereocenters. The van der Waals surface area contributed by atoms with Crippen LogP contribution in [0.15, 0.2) is 63.8 Å². The first-order chi connectivity index (χ1) is 14.9. The van der Waals surface area contributed by atoms with Crippen LogP contribution in [0.5, 0.6) is 0 Å². The SMILES string of the molecule is C=c1[nH]n(-c2cccc(Cl)c2)c(=O)/c1=C/c1ccc(-c2ccc(Cl)c(C(=O)OC)c2)o1. The summed E-state index contributed by atoms with van der Waals surface area (Å²) in [7, 11) is 1.29. The van der Waals surface area contributed by atoms with E-state index in [2.05, 4.69) is 11.7 Å². The molecule has 0 bridgehead atoms. The summed E-state index contributed by atoms with van der Waals surface area (Å²) in [5.41, 5.74) is 1.19. The Morgan fingerprint density at radius 1 is 1.16 bits per heavy atom. The second-order valence-corrected chi connectivity index (χ2v) is 7.50. The van der Waals surface area contributed by atoms with Crippen molar-refractivity contribution in [2.45, 2.75) is 0 Å². The van der Waals surface area contributed by atoms with E-state index < -0.39 is 5.97 Å². The van der Waals surface area contributed by atoms with Crippen LogP contribution in [0, 0.1) is 0 Å². The quantitative estimate of drug-likeness (QED) is 0.476. The second-order valence-electron chi connectivity index (χ2n) is 6.66. The standard InChI is InChI=1S/C23H16Cl2N2O4/c1-13-18(22(28)27(26-13)16-5-3-4-15(24)11-16)12-17-7-9-21(31-17)14-6-8-20(25)19(10-14)23(29)30-2/h3-12,26H,1H2,2H3/b18-12+. The summed E-state index contributed by atoms with van der Waals surface area (Å²) >= 11 is 12.1. The summed E-state index contributed by atoms with van der Waals surface area (Å²) in [5, 5.41) is 4.53. The average molecular weight is 455 g/mol. The van der Waals surface area contributed by atoms with Crippen LogP contribution in [-0.2, 0) is 4.74 Å². The van der Waals surface area contributed by atoms with Crippen LogP contribution in [0.2, 0.25) is 10.0 Å². The number of hydrogen-bond acceptors (Lipinski definition) is 4. The van der Waals surface area contributed by atoms with Crippen LogP contribution in [0.1, 0.15) is 16.1 Å². The molecule has 156 valence electrons. The number of halogens is 2. The van der Waals surface area contributed by atoms with Crippen LogP contribution in [0.3, 0.4) is 0 Å². The van der Waals surface area contributed by atoms with Gasteiger partial charge in [-0.15, -0.1) is 0 Å². The van der Waals surface area contributed by atoms with Gasteiger partial charge in [0.05, 0.1) is 34.0 Å². The lowest BCUT2D eigenvalue weighted by Crippen LogP contribution is -2.33. The lowest BCUT2D eigenvalue weighted by atomic mass is 10.1. The molecule has 6 nitrogen and oxygen atoms in total. The van der Waals surface area contributed by atoms with Crippen LogP contribution in [0.4, 0.5) is 0 Å². The number of nitrogens with one attached hydrogen (secondary N) is 1. The number of benzene rings is 2. The van der Waals surface area contributed by atoms with Gasteiger partial charge in [-0.3, -0.25) is 9.89 Å². The average Bonchev–Trinajstić information content (AvgIpc) is 3.34. The molecule has 31 heavy (non-hydrogen) atoms. The molecule has 4 aromatic rings. The maximum absolute atomic E-state index is 12.9. The maximum Gasteiger partial charge on any atom is 0.339 e. The monoisotopic (exact) mass is 454 g/mol. The van der Waals surface area contributed by atoms with E-state index in [0.29, 0.717) is 38.4 Å². The molecule has 1 N–H and O–H groups in total. The van der Waals surface area contributed by atoms with Crippen molar-refractivity contribution in [2.24, 2.45) is 0 Å². The molecule has 0 fully saturated rings. The van der Waals surface area contributed by atoms with Crippen molar-refractivity contribution in [3.05, 3.63) is 96.9 Å². The second kappa shape index (κ2) is 8.34. The van der Waals surface area contributed by atoms with E-state index >= 15 is 0 Å². The number of esters is 1. The van der Waals surface area contributed by atoms with Gasteiger partial charge in [0.25, 0.3) is 5.56 Å². The Balaban J connectivity index is 1.74. The van der Waals surface area contributed by atoms with E-state index in [0.717, 1.165) is 0 Å². The first kappa shape index (κ1) is 20.8. The summed E-state index contributed by atoms with van der Waals surface area (Å²) < 4.78 is 12.0. The Morgan fingerprint density at radius 3 is 2.71 bits per heavy atom. The molecule has 2 heterocycles. The molecule has 0 spiro atoms. The highest BCUT2D eigenvalue weighted by Gasteiger charge is 2.14. The van der Waals surface area contributed by atoms with E-state index in [9.17, 15) is 9.59 Å². The van der Waals surface area contributed by atoms with Crippen LogP contribution in [0.25, 0.3) is 29.7 Å². The molecule has 0 saturated heterocycles. The van der Waals surface area contributed by atoms with Gasteiger partial charge >= 0.3 is 5.97 Å². The zero-order chi connectivity index (χ0) is 22.1. The minimum atomic E-state index is -0.541. The van der Waals surface area contributed by atoms with Gasteiger partial charge in [-0.05, 0) is 54.6 Å². The molecule has 0 aliphatic heterocycles. The molecule has 0 atom stereocenters. The van der Waals surface area contributed by atoms with E-state index in [4.69, 9.17) is 32.4 Å². The largest absolute Gasteiger partial charge is 0.465 e.